The Balaban J connectivity index is 1.34. The van der Waals surface area contributed by atoms with E-state index in [0.29, 0.717) is 25.3 Å². The lowest BCUT2D eigenvalue weighted by atomic mass is 10.0. The van der Waals surface area contributed by atoms with Crippen molar-refractivity contribution in [1.29, 1.82) is 0 Å². The zero-order valence-electron chi connectivity index (χ0n) is 15.1. The molecule has 0 aromatic heterocycles. The van der Waals surface area contributed by atoms with E-state index < -0.39 is 5.82 Å². The van der Waals surface area contributed by atoms with Crippen molar-refractivity contribution in [2.45, 2.75) is 19.4 Å². The van der Waals surface area contributed by atoms with Crippen molar-refractivity contribution in [3.63, 3.8) is 0 Å². The Morgan fingerprint density at radius 3 is 2.63 bits per heavy atom. The van der Waals surface area contributed by atoms with E-state index in [0.717, 1.165) is 11.3 Å². The van der Waals surface area contributed by atoms with E-state index in [1.54, 1.807) is 17.0 Å². The molecule has 0 N–H and O–H groups in total. The van der Waals surface area contributed by atoms with Gasteiger partial charge in [-0.15, -0.1) is 0 Å². The molecule has 1 atom stereocenters. The van der Waals surface area contributed by atoms with Gasteiger partial charge in [-0.25, -0.2) is 4.39 Å². The number of halogens is 1. The SMILES string of the molecule is Cc1ccccc1OC1CN(C(=O)C2CC(=O)N(c3cccc(F)c3)C2)C1. The molecule has 4 rings (SSSR count). The van der Waals surface area contributed by atoms with E-state index in [1.807, 2.05) is 31.2 Å². The van der Waals surface area contributed by atoms with Gasteiger partial charge in [0.05, 0.1) is 19.0 Å². The number of para-hydroxylation sites is 1. The van der Waals surface area contributed by atoms with Crippen LogP contribution in [0.4, 0.5) is 10.1 Å². The van der Waals surface area contributed by atoms with Gasteiger partial charge in [-0.3, -0.25) is 9.59 Å². The van der Waals surface area contributed by atoms with Crippen molar-refractivity contribution in [3.8, 4) is 5.75 Å². The highest BCUT2D eigenvalue weighted by molar-refractivity contribution is 6.00. The van der Waals surface area contributed by atoms with Crippen LogP contribution in [0.3, 0.4) is 0 Å². The standard InChI is InChI=1S/C21H21FN2O3/c1-14-5-2-3-8-19(14)27-18-12-23(13-18)21(26)15-9-20(25)24(11-15)17-7-4-6-16(22)10-17/h2-8,10,15,18H,9,11-13H2,1H3. The van der Waals surface area contributed by atoms with Crippen LogP contribution in [0.15, 0.2) is 48.5 Å². The highest BCUT2D eigenvalue weighted by Gasteiger charge is 2.41. The summed E-state index contributed by atoms with van der Waals surface area (Å²) in [7, 11) is 0. The molecular weight excluding hydrogens is 347 g/mol. The molecule has 2 amide bonds. The first-order valence-corrected chi connectivity index (χ1v) is 9.08. The molecule has 0 aliphatic carbocycles. The van der Waals surface area contributed by atoms with Gasteiger partial charge in [0.2, 0.25) is 11.8 Å². The number of benzene rings is 2. The number of nitrogens with zero attached hydrogens (tertiary/aromatic N) is 2. The molecule has 2 aliphatic heterocycles. The van der Waals surface area contributed by atoms with Crippen molar-refractivity contribution in [2.75, 3.05) is 24.5 Å². The Labute approximate surface area is 157 Å². The summed E-state index contributed by atoms with van der Waals surface area (Å²) in [5, 5.41) is 0. The highest BCUT2D eigenvalue weighted by Crippen LogP contribution is 2.29. The van der Waals surface area contributed by atoms with Gasteiger partial charge in [0.25, 0.3) is 0 Å². The lowest BCUT2D eigenvalue weighted by Gasteiger charge is -2.40. The summed E-state index contributed by atoms with van der Waals surface area (Å²) < 4.78 is 19.4. The fourth-order valence-corrected chi connectivity index (χ4v) is 3.59. The number of likely N-dealkylation sites (tertiary alicyclic amines) is 1. The largest absolute Gasteiger partial charge is 0.486 e. The summed E-state index contributed by atoms with van der Waals surface area (Å²) in [6.07, 6.45) is 0.140. The Morgan fingerprint density at radius 1 is 1.11 bits per heavy atom. The van der Waals surface area contributed by atoms with Crippen molar-refractivity contribution < 1.29 is 18.7 Å². The van der Waals surface area contributed by atoms with Crippen LogP contribution in [0.1, 0.15) is 12.0 Å². The van der Waals surface area contributed by atoms with Gasteiger partial charge in [-0.1, -0.05) is 24.3 Å². The molecule has 2 saturated heterocycles. The summed E-state index contributed by atoms with van der Waals surface area (Å²) >= 11 is 0. The highest BCUT2D eigenvalue weighted by atomic mass is 19.1. The summed E-state index contributed by atoms with van der Waals surface area (Å²) in [5.41, 5.74) is 1.56. The van der Waals surface area contributed by atoms with Crippen molar-refractivity contribution in [3.05, 3.63) is 59.9 Å². The number of ether oxygens (including phenoxy) is 1. The minimum Gasteiger partial charge on any atom is -0.486 e. The Morgan fingerprint density at radius 2 is 1.89 bits per heavy atom. The molecule has 2 aromatic carbocycles. The smallest absolute Gasteiger partial charge is 0.228 e. The number of hydrogen-bond acceptors (Lipinski definition) is 3. The van der Waals surface area contributed by atoms with E-state index in [2.05, 4.69) is 0 Å². The van der Waals surface area contributed by atoms with Crippen LogP contribution in [0.25, 0.3) is 0 Å². The molecule has 1 unspecified atom stereocenters. The lowest BCUT2D eigenvalue weighted by molar-refractivity contribution is -0.144. The molecule has 0 spiro atoms. The van der Waals surface area contributed by atoms with Crippen molar-refractivity contribution in [1.82, 2.24) is 4.90 Å². The minimum atomic E-state index is -0.394. The molecule has 2 aliphatic rings. The molecule has 140 valence electrons. The monoisotopic (exact) mass is 368 g/mol. The number of carbonyl (C=O) groups excluding carboxylic acids is 2. The second-order valence-electron chi connectivity index (χ2n) is 7.13. The number of anilines is 1. The maximum atomic E-state index is 13.4. The van der Waals surface area contributed by atoms with E-state index in [9.17, 15) is 14.0 Å². The molecule has 2 heterocycles. The van der Waals surface area contributed by atoms with Gasteiger partial charge in [0.1, 0.15) is 17.7 Å². The normalized spacial score (nSPS) is 19.9. The molecule has 27 heavy (non-hydrogen) atoms. The van der Waals surface area contributed by atoms with Crippen LogP contribution in [0.2, 0.25) is 0 Å². The zero-order chi connectivity index (χ0) is 19.0. The fourth-order valence-electron chi connectivity index (χ4n) is 3.59. The molecule has 0 saturated carbocycles. The molecular formula is C21H21FN2O3. The topological polar surface area (TPSA) is 49.9 Å². The van der Waals surface area contributed by atoms with Crippen LogP contribution in [0, 0.1) is 18.7 Å². The van der Waals surface area contributed by atoms with Gasteiger partial charge in [-0.2, -0.15) is 0 Å². The van der Waals surface area contributed by atoms with Gasteiger partial charge >= 0.3 is 0 Å². The first-order valence-electron chi connectivity index (χ1n) is 9.08. The Kier molecular flexibility index (Phi) is 4.56. The Hall–Kier alpha value is -2.89. The lowest BCUT2D eigenvalue weighted by Crippen LogP contribution is -2.57. The molecule has 0 radical (unpaired) electrons. The van der Waals surface area contributed by atoms with Gasteiger partial charge in [-0.05, 0) is 36.8 Å². The number of hydrogen-bond donors (Lipinski definition) is 0. The third-order valence-corrected chi connectivity index (χ3v) is 5.14. The van der Waals surface area contributed by atoms with E-state index >= 15 is 0 Å². The quantitative estimate of drug-likeness (QED) is 0.834. The summed E-state index contributed by atoms with van der Waals surface area (Å²) in [6.45, 7) is 3.33. The van der Waals surface area contributed by atoms with E-state index in [1.165, 1.54) is 17.0 Å². The van der Waals surface area contributed by atoms with Crippen molar-refractivity contribution in [2.24, 2.45) is 5.92 Å². The molecule has 2 fully saturated rings. The number of aryl methyl sites for hydroxylation is 1. The number of amides is 2. The average Bonchev–Trinajstić information content (AvgIpc) is 3.00. The molecule has 6 heteroatoms. The van der Waals surface area contributed by atoms with Crippen LogP contribution >= 0.6 is 0 Å². The average molecular weight is 368 g/mol. The summed E-state index contributed by atoms with van der Waals surface area (Å²) in [5.74, 6) is -0.129. The predicted molar refractivity (Wildman–Crippen MR) is 99.0 cm³/mol. The van der Waals surface area contributed by atoms with Crippen LogP contribution in [-0.4, -0.2) is 42.5 Å². The minimum absolute atomic E-state index is 0.0218. The first-order chi connectivity index (χ1) is 13.0. The number of rotatable bonds is 4. The second kappa shape index (κ2) is 7.02. The van der Waals surface area contributed by atoms with Crippen LogP contribution in [-0.2, 0) is 9.59 Å². The van der Waals surface area contributed by atoms with Crippen molar-refractivity contribution >= 4 is 17.5 Å². The Bertz CT molecular complexity index is 879. The van der Waals surface area contributed by atoms with Gasteiger partial charge in [0, 0.05) is 18.7 Å². The third kappa shape index (κ3) is 3.52. The summed E-state index contributed by atoms with van der Waals surface area (Å²) in [4.78, 5) is 28.2. The third-order valence-electron chi connectivity index (χ3n) is 5.14. The van der Waals surface area contributed by atoms with Gasteiger partial charge in [0.15, 0.2) is 0 Å². The molecule has 2 aromatic rings. The maximum Gasteiger partial charge on any atom is 0.228 e. The molecule has 0 bridgehead atoms. The molecule has 5 nitrogen and oxygen atoms in total. The van der Waals surface area contributed by atoms with Crippen LogP contribution in [0.5, 0.6) is 5.75 Å². The zero-order valence-corrected chi connectivity index (χ0v) is 15.1. The van der Waals surface area contributed by atoms with E-state index in [4.69, 9.17) is 4.74 Å². The predicted octanol–water partition coefficient (Wildman–Crippen LogP) is 2.78. The van der Waals surface area contributed by atoms with Crippen LogP contribution < -0.4 is 9.64 Å². The first kappa shape index (κ1) is 17.5. The van der Waals surface area contributed by atoms with Gasteiger partial charge < -0.3 is 14.5 Å². The second-order valence-corrected chi connectivity index (χ2v) is 7.13. The summed E-state index contributed by atoms with van der Waals surface area (Å²) in [6, 6.07) is 13.7. The fraction of sp³-hybridized carbons (Fsp3) is 0.333. The number of carbonyl (C=O) groups is 2. The maximum absolute atomic E-state index is 13.4. The van der Waals surface area contributed by atoms with E-state index in [-0.39, 0.29) is 30.3 Å².